The second-order valence-electron chi connectivity index (χ2n) is 4.26. The molecule has 0 N–H and O–H groups in total. The first-order valence-corrected chi connectivity index (χ1v) is 5.54. The quantitative estimate of drug-likeness (QED) is 0.446. The van der Waals surface area contributed by atoms with E-state index >= 15 is 0 Å². The summed E-state index contributed by atoms with van der Waals surface area (Å²) in [5, 5.41) is 0. The highest BCUT2D eigenvalue weighted by molar-refractivity contribution is 9.10. The Balaban J connectivity index is 2.82. The summed E-state index contributed by atoms with van der Waals surface area (Å²) in [6, 6.07) is 1.64. The standard InChI is InChI=1S/C11H11BrF2O3/c1-11(2,3)17-10(15)16-9-5-8(14)7(13)4-6(9)12/h4-5H,1-3H3. The molecule has 0 aromatic heterocycles. The fourth-order valence-electron chi connectivity index (χ4n) is 0.943. The average molecular weight is 309 g/mol. The second-order valence-corrected chi connectivity index (χ2v) is 5.12. The largest absolute Gasteiger partial charge is 0.514 e. The normalized spacial score (nSPS) is 11.2. The van der Waals surface area contributed by atoms with Crippen LogP contribution in [0, 0.1) is 11.6 Å². The molecule has 0 fully saturated rings. The summed E-state index contributed by atoms with van der Waals surface area (Å²) in [4.78, 5) is 11.3. The predicted octanol–water partition coefficient (Wildman–Crippen LogP) is 4.04. The molecule has 0 unspecified atom stereocenters. The van der Waals surface area contributed by atoms with Gasteiger partial charge in [0, 0.05) is 6.07 Å². The lowest BCUT2D eigenvalue weighted by molar-refractivity contribution is 0.0204. The lowest BCUT2D eigenvalue weighted by atomic mass is 10.2. The molecule has 1 aromatic carbocycles. The van der Waals surface area contributed by atoms with Crippen LogP contribution in [-0.2, 0) is 4.74 Å². The van der Waals surface area contributed by atoms with Crippen LogP contribution in [0.5, 0.6) is 5.75 Å². The van der Waals surface area contributed by atoms with Gasteiger partial charge in [-0.1, -0.05) is 0 Å². The molecule has 0 spiro atoms. The fraction of sp³-hybridized carbons (Fsp3) is 0.364. The topological polar surface area (TPSA) is 35.5 Å². The van der Waals surface area contributed by atoms with Gasteiger partial charge in [-0.3, -0.25) is 0 Å². The number of benzene rings is 1. The maximum absolute atomic E-state index is 12.9. The predicted molar refractivity (Wildman–Crippen MR) is 60.9 cm³/mol. The molecule has 0 heterocycles. The number of hydrogen-bond acceptors (Lipinski definition) is 3. The highest BCUT2D eigenvalue weighted by atomic mass is 79.9. The minimum Gasteiger partial charge on any atom is -0.428 e. The molecule has 0 aliphatic carbocycles. The zero-order valence-corrected chi connectivity index (χ0v) is 11.1. The van der Waals surface area contributed by atoms with Gasteiger partial charge in [0.2, 0.25) is 0 Å². The Bertz CT molecular complexity index is 441. The van der Waals surface area contributed by atoms with Crippen LogP contribution >= 0.6 is 15.9 Å². The maximum atomic E-state index is 12.9. The van der Waals surface area contributed by atoms with Gasteiger partial charge >= 0.3 is 6.16 Å². The van der Waals surface area contributed by atoms with Crippen molar-refractivity contribution in [1.29, 1.82) is 0 Å². The van der Waals surface area contributed by atoms with E-state index in [0.29, 0.717) is 0 Å². The van der Waals surface area contributed by atoms with Gasteiger partial charge in [0.15, 0.2) is 17.4 Å². The maximum Gasteiger partial charge on any atom is 0.514 e. The minimum atomic E-state index is -1.10. The highest BCUT2D eigenvalue weighted by Gasteiger charge is 2.20. The average Bonchev–Trinajstić information content (AvgIpc) is 2.11. The van der Waals surface area contributed by atoms with E-state index in [9.17, 15) is 13.6 Å². The summed E-state index contributed by atoms with van der Waals surface area (Å²) in [6.45, 7) is 4.98. The molecule has 0 saturated carbocycles. The monoisotopic (exact) mass is 308 g/mol. The highest BCUT2D eigenvalue weighted by Crippen LogP contribution is 2.28. The van der Waals surface area contributed by atoms with E-state index in [1.54, 1.807) is 20.8 Å². The fourth-order valence-corrected chi connectivity index (χ4v) is 1.34. The molecule has 0 amide bonds. The van der Waals surface area contributed by atoms with Gasteiger partial charge in [-0.25, -0.2) is 13.6 Å². The molecule has 6 heteroatoms. The first-order valence-electron chi connectivity index (χ1n) is 4.74. The van der Waals surface area contributed by atoms with Crippen LogP contribution in [-0.4, -0.2) is 11.8 Å². The van der Waals surface area contributed by atoms with E-state index in [2.05, 4.69) is 15.9 Å². The van der Waals surface area contributed by atoms with E-state index in [1.807, 2.05) is 0 Å². The molecule has 0 bridgehead atoms. The van der Waals surface area contributed by atoms with Crippen molar-refractivity contribution in [2.75, 3.05) is 0 Å². The van der Waals surface area contributed by atoms with Gasteiger partial charge < -0.3 is 9.47 Å². The van der Waals surface area contributed by atoms with Crippen LogP contribution in [0.2, 0.25) is 0 Å². The zero-order chi connectivity index (χ0) is 13.2. The Morgan fingerprint density at radius 3 is 2.29 bits per heavy atom. The molecule has 0 aliphatic rings. The number of halogens is 3. The third-order valence-electron chi connectivity index (χ3n) is 1.56. The van der Waals surface area contributed by atoms with Crippen LogP contribution in [0.1, 0.15) is 20.8 Å². The molecule has 1 aromatic rings. The molecule has 94 valence electrons. The zero-order valence-electron chi connectivity index (χ0n) is 9.51. The molecule has 3 nitrogen and oxygen atoms in total. The lowest BCUT2D eigenvalue weighted by Crippen LogP contribution is -2.26. The first-order chi connectivity index (χ1) is 7.69. The SMILES string of the molecule is CC(C)(C)OC(=O)Oc1cc(F)c(F)cc1Br. The smallest absolute Gasteiger partial charge is 0.428 e. The van der Waals surface area contributed by atoms with Crippen LogP contribution in [0.15, 0.2) is 16.6 Å². The van der Waals surface area contributed by atoms with Crippen molar-refractivity contribution in [1.82, 2.24) is 0 Å². The van der Waals surface area contributed by atoms with Gasteiger partial charge in [-0.15, -0.1) is 0 Å². The van der Waals surface area contributed by atoms with Gasteiger partial charge in [0.05, 0.1) is 4.47 Å². The van der Waals surface area contributed by atoms with Gasteiger partial charge in [-0.05, 0) is 42.8 Å². The Kier molecular flexibility index (Phi) is 4.08. The molecule has 0 radical (unpaired) electrons. The number of carbonyl (C=O) groups excluding carboxylic acids is 1. The molecule has 0 atom stereocenters. The number of hydrogen-bond donors (Lipinski definition) is 0. The summed E-state index contributed by atoms with van der Waals surface area (Å²) in [7, 11) is 0. The van der Waals surface area contributed by atoms with Crippen molar-refractivity contribution in [3.05, 3.63) is 28.2 Å². The van der Waals surface area contributed by atoms with E-state index in [1.165, 1.54) is 0 Å². The summed E-state index contributed by atoms with van der Waals surface area (Å²) in [5.41, 5.74) is -0.720. The van der Waals surface area contributed by atoms with E-state index < -0.39 is 23.4 Å². The third-order valence-corrected chi connectivity index (χ3v) is 2.18. The summed E-state index contributed by atoms with van der Waals surface area (Å²) in [5.74, 6) is -2.28. The number of carbonyl (C=O) groups is 1. The van der Waals surface area contributed by atoms with Gasteiger partial charge in [0.25, 0.3) is 0 Å². The minimum absolute atomic E-state index is 0.127. The molecular weight excluding hydrogens is 298 g/mol. The third kappa shape index (κ3) is 4.30. The van der Waals surface area contributed by atoms with Crippen molar-refractivity contribution in [3.63, 3.8) is 0 Å². The number of rotatable bonds is 1. The molecule has 0 aliphatic heterocycles. The Morgan fingerprint density at radius 2 is 1.76 bits per heavy atom. The molecular formula is C11H11BrF2O3. The summed E-state index contributed by atoms with van der Waals surface area (Å²) < 4.78 is 35.4. The molecule has 0 saturated heterocycles. The van der Waals surface area contributed by atoms with E-state index in [-0.39, 0.29) is 10.2 Å². The summed E-state index contributed by atoms with van der Waals surface area (Å²) in [6.07, 6.45) is -0.982. The molecule has 17 heavy (non-hydrogen) atoms. The van der Waals surface area contributed by atoms with Gasteiger partial charge in [-0.2, -0.15) is 0 Å². The molecule has 1 rings (SSSR count). The van der Waals surface area contributed by atoms with Crippen molar-refractivity contribution in [2.24, 2.45) is 0 Å². The Morgan fingerprint density at radius 1 is 1.24 bits per heavy atom. The van der Waals surface area contributed by atoms with Crippen LogP contribution in [0.4, 0.5) is 13.6 Å². The van der Waals surface area contributed by atoms with Crippen molar-refractivity contribution < 1.29 is 23.0 Å². The van der Waals surface area contributed by atoms with Crippen LogP contribution < -0.4 is 4.74 Å². The van der Waals surface area contributed by atoms with Crippen LogP contribution in [0.3, 0.4) is 0 Å². The summed E-state index contributed by atoms with van der Waals surface area (Å²) >= 11 is 2.95. The second kappa shape index (κ2) is 5.00. The van der Waals surface area contributed by atoms with E-state index in [4.69, 9.17) is 9.47 Å². The Labute approximate surface area is 106 Å². The van der Waals surface area contributed by atoms with Gasteiger partial charge in [0.1, 0.15) is 5.60 Å². The Hall–Kier alpha value is -1.17. The van der Waals surface area contributed by atoms with Crippen molar-refractivity contribution in [3.8, 4) is 5.75 Å². The van der Waals surface area contributed by atoms with Crippen molar-refractivity contribution >= 4 is 22.1 Å². The first kappa shape index (κ1) is 13.9. The number of ether oxygens (including phenoxy) is 2. The lowest BCUT2D eigenvalue weighted by Gasteiger charge is -2.18. The van der Waals surface area contributed by atoms with E-state index in [0.717, 1.165) is 12.1 Å². The van der Waals surface area contributed by atoms with Crippen LogP contribution in [0.25, 0.3) is 0 Å². The van der Waals surface area contributed by atoms with Crippen molar-refractivity contribution in [2.45, 2.75) is 26.4 Å².